The highest BCUT2D eigenvalue weighted by Gasteiger charge is 2.17. The SMILES string of the molecule is CC(C)(C)n1ccc2c(Cc3ccccc3OCCCc3ccccc3C(=O)ON)cccc21. The maximum absolute atomic E-state index is 11.9. The number of carbonyl (C=O) groups excluding carboxylic acids is 1. The second-order valence-electron chi connectivity index (χ2n) is 9.51. The van der Waals surface area contributed by atoms with Crippen molar-refractivity contribution in [3.8, 4) is 5.75 Å². The number of rotatable bonds is 8. The topological polar surface area (TPSA) is 66.5 Å². The van der Waals surface area contributed by atoms with Crippen molar-refractivity contribution >= 4 is 16.9 Å². The van der Waals surface area contributed by atoms with Gasteiger partial charge in [-0.15, -0.1) is 0 Å². The van der Waals surface area contributed by atoms with Crippen LogP contribution in [0.2, 0.25) is 0 Å². The fourth-order valence-corrected chi connectivity index (χ4v) is 4.41. The molecule has 0 fully saturated rings. The first-order chi connectivity index (χ1) is 16.4. The molecule has 3 aromatic carbocycles. The van der Waals surface area contributed by atoms with Gasteiger partial charge in [-0.1, -0.05) is 48.5 Å². The summed E-state index contributed by atoms with van der Waals surface area (Å²) in [6.45, 7) is 7.21. The lowest BCUT2D eigenvalue weighted by atomic mass is 10.0. The van der Waals surface area contributed by atoms with Gasteiger partial charge in [0.25, 0.3) is 0 Å². The lowest BCUT2D eigenvalue weighted by Crippen LogP contribution is -2.20. The molecule has 0 unspecified atom stereocenters. The molecule has 0 aliphatic heterocycles. The van der Waals surface area contributed by atoms with Gasteiger partial charge < -0.3 is 14.1 Å². The molecule has 0 atom stereocenters. The van der Waals surface area contributed by atoms with Crippen molar-refractivity contribution < 1.29 is 14.4 Å². The summed E-state index contributed by atoms with van der Waals surface area (Å²) in [5.41, 5.74) is 5.13. The molecule has 0 spiro atoms. The third-order valence-corrected chi connectivity index (χ3v) is 6.09. The lowest BCUT2D eigenvalue weighted by Gasteiger charge is -2.23. The van der Waals surface area contributed by atoms with Gasteiger partial charge in [0, 0.05) is 29.1 Å². The summed E-state index contributed by atoms with van der Waals surface area (Å²) >= 11 is 0. The number of hydrogen-bond acceptors (Lipinski definition) is 4. The number of aryl methyl sites for hydroxylation is 1. The molecular formula is C29H32N2O3. The van der Waals surface area contributed by atoms with E-state index in [1.54, 1.807) is 12.1 Å². The molecule has 2 N–H and O–H groups in total. The Bertz CT molecular complexity index is 1280. The number of benzene rings is 3. The molecule has 0 aliphatic carbocycles. The summed E-state index contributed by atoms with van der Waals surface area (Å²) in [6.07, 6.45) is 4.45. The summed E-state index contributed by atoms with van der Waals surface area (Å²) in [5, 5.41) is 1.27. The van der Waals surface area contributed by atoms with Gasteiger partial charge in [0.2, 0.25) is 0 Å². The summed E-state index contributed by atoms with van der Waals surface area (Å²) in [7, 11) is 0. The molecule has 34 heavy (non-hydrogen) atoms. The van der Waals surface area contributed by atoms with Crippen LogP contribution in [0.3, 0.4) is 0 Å². The van der Waals surface area contributed by atoms with Gasteiger partial charge in [0.1, 0.15) is 5.75 Å². The minimum absolute atomic E-state index is 0.0287. The van der Waals surface area contributed by atoms with Crippen LogP contribution in [0.5, 0.6) is 5.75 Å². The lowest BCUT2D eigenvalue weighted by molar-refractivity contribution is 0.0502. The number of nitrogens with two attached hydrogens (primary N) is 1. The maximum atomic E-state index is 11.9. The van der Waals surface area contributed by atoms with Crippen LogP contribution < -0.4 is 10.6 Å². The number of fused-ring (bicyclic) bond motifs is 1. The van der Waals surface area contributed by atoms with Crippen LogP contribution in [0.15, 0.2) is 79.0 Å². The molecule has 0 saturated heterocycles. The van der Waals surface area contributed by atoms with Crippen molar-refractivity contribution in [1.29, 1.82) is 0 Å². The van der Waals surface area contributed by atoms with Gasteiger partial charge in [-0.05, 0) is 74.6 Å². The van der Waals surface area contributed by atoms with Crippen LogP contribution in [0.4, 0.5) is 0 Å². The summed E-state index contributed by atoms with van der Waals surface area (Å²) in [5.74, 6) is 5.44. The van der Waals surface area contributed by atoms with Crippen molar-refractivity contribution in [2.24, 2.45) is 5.90 Å². The van der Waals surface area contributed by atoms with Crippen molar-refractivity contribution in [3.05, 3.63) is 101 Å². The smallest absolute Gasteiger partial charge is 0.356 e. The highest BCUT2D eigenvalue weighted by molar-refractivity contribution is 5.90. The van der Waals surface area contributed by atoms with E-state index in [4.69, 9.17) is 10.6 Å². The Hall–Kier alpha value is -3.57. The summed E-state index contributed by atoms with van der Waals surface area (Å²) in [4.78, 5) is 16.3. The van der Waals surface area contributed by atoms with Crippen molar-refractivity contribution in [2.75, 3.05) is 6.61 Å². The molecule has 0 saturated carbocycles. The zero-order valence-electron chi connectivity index (χ0n) is 20.1. The highest BCUT2D eigenvalue weighted by atomic mass is 16.7. The third kappa shape index (κ3) is 5.15. The minimum atomic E-state index is -0.517. The fourth-order valence-electron chi connectivity index (χ4n) is 4.41. The van der Waals surface area contributed by atoms with E-state index in [9.17, 15) is 4.79 Å². The van der Waals surface area contributed by atoms with Crippen LogP contribution in [0.25, 0.3) is 10.9 Å². The Morgan fingerprint density at radius 2 is 1.59 bits per heavy atom. The van der Waals surface area contributed by atoms with E-state index in [-0.39, 0.29) is 5.54 Å². The molecule has 0 amide bonds. The second-order valence-corrected chi connectivity index (χ2v) is 9.51. The van der Waals surface area contributed by atoms with E-state index in [1.807, 2.05) is 24.3 Å². The molecule has 5 nitrogen and oxygen atoms in total. The number of aromatic nitrogens is 1. The van der Waals surface area contributed by atoms with Crippen LogP contribution in [0.1, 0.15) is 54.2 Å². The normalized spacial score (nSPS) is 11.5. The van der Waals surface area contributed by atoms with Gasteiger partial charge >= 0.3 is 5.97 Å². The van der Waals surface area contributed by atoms with E-state index < -0.39 is 5.97 Å². The molecule has 5 heteroatoms. The average Bonchev–Trinajstić information content (AvgIpc) is 3.28. The van der Waals surface area contributed by atoms with Gasteiger partial charge in [-0.3, -0.25) is 0 Å². The third-order valence-electron chi connectivity index (χ3n) is 6.09. The van der Waals surface area contributed by atoms with Gasteiger partial charge in [0.15, 0.2) is 0 Å². The first kappa shape index (κ1) is 23.6. The van der Waals surface area contributed by atoms with E-state index in [1.165, 1.54) is 16.5 Å². The van der Waals surface area contributed by atoms with Gasteiger partial charge in [0.05, 0.1) is 12.2 Å². The van der Waals surface area contributed by atoms with Gasteiger partial charge in [-0.2, -0.15) is 5.90 Å². The zero-order chi connectivity index (χ0) is 24.1. The summed E-state index contributed by atoms with van der Waals surface area (Å²) in [6, 6.07) is 24.3. The fraction of sp³-hybridized carbons (Fsp3) is 0.276. The molecule has 176 valence electrons. The predicted molar refractivity (Wildman–Crippen MR) is 136 cm³/mol. The first-order valence-corrected chi connectivity index (χ1v) is 11.7. The predicted octanol–water partition coefficient (Wildman–Crippen LogP) is 6.03. The molecule has 0 aliphatic rings. The standard InChI is InChI=1S/C29H32N2O3/c1-29(2,3)31-18-17-24-22(12-8-15-26(24)31)20-23-11-5-7-16-27(23)33-19-9-13-21-10-4-6-14-25(21)28(32)34-30/h4-8,10-12,14-18H,9,13,19-20,30H2,1-3H3. The number of para-hydroxylation sites is 1. The Morgan fingerprint density at radius 3 is 2.35 bits per heavy atom. The Balaban J connectivity index is 1.46. The highest BCUT2D eigenvalue weighted by Crippen LogP contribution is 2.29. The second kappa shape index (κ2) is 10.1. The van der Waals surface area contributed by atoms with Crippen molar-refractivity contribution in [3.63, 3.8) is 0 Å². The Labute approximate surface area is 201 Å². The molecule has 0 radical (unpaired) electrons. The molecule has 1 aromatic heterocycles. The quantitative estimate of drug-likeness (QED) is 0.260. The average molecular weight is 457 g/mol. The largest absolute Gasteiger partial charge is 0.493 e. The van der Waals surface area contributed by atoms with Crippen molar-refractivity contribution in [1.82, 2.24) is 4.57 Å². The first-order valence-electron chi connectivity index (χ1n) is 11.7. The van der Waals surface area contributed by atoms with Crippen LogP contribution in [-0.4, -0.2) is 17.1 Å². The van der Waals surface area contributed by atoms with Gasteiger partial charge in [-0.25, -0.2) is 4.79 Å². The van der Waals surface area contributed by atoms with E-state index in [0.29, 0.717) is 18.6 Å². The molecule has 0 bridgehead atoms. The molecule has 4 rings (SSSR count). The number of ether oxygens (including phenoxy) is 1. The molecular weight excluding hydrogens is 424 g/mol. The Morgan fingerprint density at radius 1 is 0.882 bits per heavy atom. The number of nitrogens with zero attached hydrogens (tertiary/aromatic N) is 1. The van der Waals surface area contributed by atoms with E-state index in [2.05, 4.69) is 72.8 Å². The van der Waals surface area contributed by atoms with E-state index in [0.717, 1.165) is 29.7 Å². The van der Waals surface area contributed by atoms with E-state index >= 15 is 0 Å². The minimum Gasteiger partial charge on any atom is -0.493 e. The molecule has 4 aromatic rings. The monoisotopic (exact) mass is 456 g/mol. The van der Waals surface area contributed by atoms with Crippen LogP contribution >= 0.6 is 0 Å². The van der Waals surface area contributed by atoms with Crippen molar-refractivity contribution in [2.45, 2.75) is 45.6 Å². The van der Waals surface area contributed by atoms with Crippen LogP contribution in [0, 0.1) is 0 Å². The van der Waals surface area contributed by atoms with Crippen LogP contribution in [-0.2, 0) is 23.2 Å². The molecule has 1 heterocycles. The summed E-state index contributed by atoms with van der Waals surface area (Å²) < 4.78 is 8.51. The zero-order valence-corrected chi connectivity index (χ0v) is 20.1. The Kier molecular flexibility index (Phi) is 7.03. The number of hydrogen-bond donors (Lipinski definition) is 1. The number of carbonyl (C=O) groups is 1. The maximum Gasteiger partial charge on any atom is 0.356 e.